The van der Waals surface area contributed by atoms with E-state index in [0.29, 0.717) is 46.3 Å². The fourth-order valence-corrected chi connectivity index (χ4v) is 9.36. The van der Waals surface area contributed by atoms with E-state index in [1.54, 1.807) is 0 Å². The van der Waals surface area contributed by atoms with Crippen LogP contribution in [0.2, 0.25) is 0 Å². The molecule has 4 rings (SSSR count). The molecule has 4 aliphatic rings. The summed E-state index contributed by atoms with van der Waals surface area (Å²) in [6.07, 6.45) is 12.2. The van der Waals surface area contributed by atoms with Crippen LogP contribution in [0.4, 0.5) is 0 Å². The van der Waals surface area contributed by atoms with Crippen LogP contribution in [0.5, 0.6) is 0 Å². The van der Waals surface area contributed by atoms with Gasteiger partial charge in [0.25, 0.3) is 0 Å². The standard InChI is InChI=1S/C26H44O2/c1-6-8-16(3)19-9-10-20-23-21(12-14-25(19,20)4)26(5)13-11-17(27)15-22(26)18(7-2)24(23)28/h6,16-24,27-28H,1,7-15H2,2-5H3/t16-,17-,18-,19-,20+,21+,22?,23?,24-,25?,26?/m1/s1. The van der Waals surface area contributed by atoms with Gasteiger partial charge in [0.15, 0.2) is 0 Å². The molecule has 0 radical (unpaired) electrons. The molecule has 160 valence electrons. The Hall–Kier alpha value is -0.340. The summed E-state index contributed by atoms with van der Waals surface area (Å²) < 4.78 is 0. The third-order valence-electron chi connectivity index (χ3n) is 10.7. The van der Waals surface area contributed by atoms with Gasteiger partial charge in [-0.1, -0.05) is 40.2 Å². The van der Waals surface area contributed by atoms with Crippen LogP contribution in [0, 0.1) is 52.3 Å². The molecule has 2 nitrogen and oxygen atoms in total. The lowest BCUT2D eigenvalue weighted by molar-refractivity contribution is -0.203. The zero-order valence-electron chi connectivity index (χ0n) is 18.7. The van der Waals surface area contributed by atoms with Crippen LogP contribution < -0.4 is 0 Å². The molecule has 4 fully saturated rings. The molecule has 4 saturated carbocycles. The number of rotatable bonds is 4. The van der Waals surface area contributed by atoms with E-state index in [1.807, 2.05) is 0 Å². The normalized spacial score (nSPS) is 54.4. The zero-order valence-corrected chi connectivity index (χ0v) is 18.7. The van der Waals surface area contributed by atoms with Crippen LogP contribution in [-0.2, 0) is 0 Å². The van der Waals surface area contributed by atoms with Crippen molar-refractivity contribution in [2.75, 3.05) is 0 Å². The van der Waals surface area contributed by atoms with E-state index in [9.17, 15) is 10.2 Å². The highest BCUT2D eigenvalue weighted by atomic mass is 16.3. The van der Waals surface area contributed by atoms with Gasteiger partial charge in [0, 0.05) is 0 Å². The average molecular weight is 389 g/mol. The Morgan fingerprint density at radius 2 is 1.68 bits per heavy atom. The molecule has 0 aromatic heterocycles. The van der Waals surface area contributed by atoms with Crippen LogP contribution >= 0.6 is 0 Å². The van der Waals surface area contributed by atoms with Gasteiger partial charge in [-0.05, 0) is 104 Å². The number of hydrogen-bond acceptors (Lipinski definition) is 2. The summed E-state index contributed by atoms with van der Waals surface area (Å²) >= 11 is 0. The Kier molecular flexibility index (Phi) is 5.54. The molecule has 4 aliphatic carbocycles. The van der Waals surface area contributed by atoms with Crippen molar-refractivity contribution in [3.05, 3.63) is 12.7 Å². The smallest absolute Gasteiger partial charge is 0.0605 e. The largest absolute Gasteiger partial charge is 0.393 e. The van der Waals surface area contributed by atoms with Gasteiger partial charge in [0.1, 0.15) is 0 Å². The maximum absolute atomic E-state index is 11.7. The Bertz CT molecular complexity index is 587. The van der Waals surface area contributed by atoms with Crippen LogP contribution in [0.15, 0.2) is 12.7 Å². The molecule has 0 aromatic carbocycles. The van der Waals surface area contributed by atoms with E-state index in [4.69, 9.17) is 0 Å². The number of hydrogen-bond donors (Lipinski definition) is 2. The van der Waals surface area contributed by atoms with Crippen LogP contribution in [0.1, 0.15) is 85.5 Å². The van der Waals surface area contributed by atoms with Gasteiger partial charge in [-0.2, -0.15) is 0 Å². The maximum atomic E-state index is 11.7. The Morgan fingerprint density at radius 1 is 1.00 bits per heavy atom. The van der Waals surface area contributed by atoms with Crippen LogP contribution in [-0.4, -0.2) is 22.4 Å². The molecule has 0 aliphatic heterocycles. The number of aliphatic hydroxyl groups excluding tert-OH is 2. The Balaban J connectivity index is 1.67. The molecular weight excluding hydrogens is 344 g/mol. The minimum atomic E-state index is -0.170. The van der Waals surface area contributed by atoms with Crippen molar-refractivity contribution < 1.29 is 10.2 Å². The van der Waals surface area contributed by atoms with Gasteiger partial charge in [0.2, 0.25) is 0 Å². The van der Waals surface area contributed by atoms with Crippen molar-refractivity contribution in [3.8, 4) is 0 Å². The summed E-state index contributed by atoms with van der Waals surface area (Å²) in [5, 5.41) is 22.1. The fraction of sp³-hybridized carbons (Fsp3) is 0.923. The van der Waals surface area contributed by atoms with Gasteiger partial charge < -0.3 is 10.2 Å². The van der Waals surface area contributed by atoms with Crippen molar-refractivity contribution in [2.45, 2.75) is 97.7 Å². The lowest BCUT2D eigenvalue weighted by Crippen LogP contribution is -2.62. The average Bonchev–Trinajstić information content (AvgIpc) is 3.01. The Labute approximate surface area is 173 Å². The summed E-state index contributed by atoms with van der Waals surface area (Å²) in [5.41, 5.74) is 0.705. The molecule has 28 heavy (non-hydrogen) atoms. The zero-order chi connectivity index (χ0) is 20.3. The first-order valence-corrected chi connectivity index (χ1v) is 12.2. The second kappa shape index (κ2) is 7.41. The van der Waals surface area contributed by atoms with E-state index < -0.39 is 0 Å². The van der Waals surface area contributed by atoms with Gasteiger partial charge in [-0.3, -0.25) is 0 Å². The maximum Gasteiger partial charge on any atom is 0.0605 e. The number of aliphatic hydroxyl groups is 2. The SMILES string of the molecule is C=CC[C@@H](C)[C@H]1CC[C@H]2C3[C@H](O)[C@H](CC)C4C[C@H](O)CCC4(C)[C@H]3CCC12C. The predicted octanol–water partition coefficient (Wildman–Crippen LogP) is 5.83. The number of allylic oxidation sites excluding steroid dienone is 1. The summed E-state index contributed by atoms with van der Waals surface area (Å²) in [6.45, 7) is 13.8. The second-order valence-electron chi connectivity index (χ2n) is 11.6. The van der Waals surface area contributed by atoms with Crippen LogP contribution in [0.3, 0.4) is 0 Å². The molecule has 0 bridgehead atoms. The first-order valence-electron chi connectivity index (χ1n) is 12.2. The summed E-state index contributed by atoms with van der Waals surface area (Å²) in [5.74, 6) is 4.15. The third-order valence-corrected chi connectivity index (χ3v) is 10.7. The van der Waals surface area contributed by atoms with E-state index in [0.717, 1.165) is 38.0 Å². The molecular formula is C26H44O2. The summed E-state index contributed by atoms with van der Waals surface area (Å²) in [6, 6.07) is 0. The van der Waals surface area contributed by atoms with Crippen molar-refractivity contribution in [1.82, 2.24) is 0 Å². The van der Waals surface area contributed by atoms with Crippen molar-refractivity contribution in [1.29, 1.82) is 0 Å². The topological polar surface area (TPSA) is 40.5 Å². The highest BCUT2D eigenvalue weighted by Crippen LogP contribution is 2.69. The minimum Gasteiger partial charge on any atom is -0.393 e. The van der Waals surface area contributed by atoms with Gasteiger partial charge in [-0.25, -0.2) is 0 Å². The number of fused-ring (bicyclic) bond motifs is 5. The van der Waals surface area contributed by atoms with E-state index in [2.05, 4.69) is 40.3 Å². The molecule has 2 N–H and O–H groups in total. The lowest BCUT2D eigenvalue weighted by atomic mass is 9.41. The molecule has 2 heteroatoms. The van der Waals surface area contributed by atoms with E-state index >= 15 is 0 Å². The van der Waals surface area contributed by atoms with Crippen LogP contribution in [0.25, 0.3) is 0 Å². The Morgan fingerprint density at radius 3 is 2.36 bits per heavy atom. The predicted molar refractivity (Wildman–Crippen MR) is 116 cm³/mol. The lowest BCUT2D eigenvalue weighted by Gasteiger charge is -2.64. The first kappa shape index (κ1) is 20.9. The quantitative estimate of drug-likeness (QED) is 0.595. The highest BCUT2D eigenvalue weighted by Gasteiger charge is 2.64. The van der Waals surface area contributed by atoms with Crippen molar-refractivity contribution in [2.24, 2.45) is 52.3 Å². The molecule has 11 atom stereocenters. The van der Waals surface area contributed by atoms with Gasteiger partial charge in [-0.15, -0.1) is 6.58 Å². The summed E-state index contributed by atoms with van der Waals surface area (Å²) in [4.78, 5) is 0. The summed E-state index contributed by atoms with van der Waals surface area (Å²) in [7, 11) is 0. The van der Waals surface area contributed by atoms with Crippen molar-refractivity contribution >= 4 is 0 Å². The molecule has 0 aromatic rings. The third kappa shape index (κ3) is 2.88. The first-order chi connectivity index (χ1) is 13.3. The molecule has 0 amide bonds. The molecule has 0 spiro atoms. The monoisotopic (exact) mass is 388 g/mol. The molecule has 0 heterocycles. The van der Waals surface area contributed by atoms with E-state index in [1.165, 1.54) is 25.7 Å². The molecule has 0 saturated heterocycles. The van der Waals surface area contributed by atoms with E-state index in [-0.39, 0.29) is 12.2 Å². The van der Waals surface area contributed by atoms with Crippen molar-refractivity contribution in [3.63, 3.8) is 0 Å². The highest BCUT2D eigenvalue weighted by molar-refractivity contribution is 5.13. The minimum absolute atomic E-state index is 0.152. The second-order valence-corrected chi connectivity index (χ2v) is 11.6. The van der Waals surface area contributed by atoms with Gasteiger partial charge >= 0.3 is 0 Å². The molecule has 4 unspecified atom stereocenters. The fourth-order valence-electron chi connectivity index (χ4n) is 9.36. The van der Waals surface area contributed by atoms with Gasteiger partial charge in [0.05, 0.1) is 12.2 Å².